The Morgan fingerprint density at radius 3 is 2.61 bits per heavy atom. The molecule has 0 saturated carbocycles. The molecule has 2 atom stereocenters. The molecule has 1 aromatic rings. The molecular weight excluding hydrogens is 222 g/mol. The van der Waals surface area contributed by atoms with Crippen LogP contribution in [0.3, 0.4) is 0 Å². The molecule has 2 unspecified atom stereocenters. The summed E-state index contributed by atoms with van der Waals surface area (Å²) in [5, 5.41) is 3.43. The van der Waals surface area contributed by atoms with Crippen LogP contribution >= 0.6 is 0 Å². The second-order valence-electron chi connectivity index (χ2n) is 5.22. The van der Waals surface area contributed by atoms with E-state index >= 15 is 0 Å². The fourth-order valence-corrected chi connectivity index (χ4v) is 2.54. The van der Waals surface area contributed by atoms with Crippen molar-refractivity contribution < 1.29 is 4.74 Å². The normalized spacial score (nSPS) is 14.3. The van der Waals surface area contributed by atoms with Gasteiger partial charge in [-0.3, -0.25) is 0 Å². The Kier molecular flexibility index (Phi) is 6.20. The van der Waals surface area contributed by atoms with Crippen molar-refractivity contribution in [2.45, 2.75) is 46.1 Å². The number of hydrogen-bond donors (Lipinski definition) is 1. The van der Waals surface area contributed by atoms with Gasteiger partial charge in [-0.2, -0.15) is 0 Å². The molecule has 0 aliphatic rings. The zero-order valence-electron chi connectivity index (χ0n) is 12.4. The van der Waals surface area contributed by atoms with Gasteiger partial charge in [0, 0.05) is 11.6 Å². The van der Waals surface area contributed by atoms with Crippen LogP contribution in [0.25, 0.3) is 0 Å². The van der Waals surface area contributed by atoms with E-state index in [0.717, 1.165) is 18.1 Å². The topological polar surface area (TPSA) is 21.3 Å². The van der Waals surface area contributed by atoms with Gasteiger partial charge in [-0.15, -0.1) is 0 Å². The third kappa shape index (κ3) is 4.02. The number of benzene rings is 1. The molecule has 0 aliphatic heterocycles. The van der Waals surface area contributed by atoms with E-state index in [-0.39, 0.29) is 0 Å². The molecule has 0 bridgehead atoms. The number of methoxy groups -OCH3 is 1. The van der Waals surface area contributed by atoms with E-state index in [4.69, 9.17) is 4.74 Å². The van der Waals surface area contributed by atoms with Gasteiger partial charge in [0.1, 0.15) is 5.75 Å². The highest BCUT2D eigenvalue weighted by molar-refractivity contribution is 5.39. The van der Waals surface area contributed by atoms with E-state index in [1.807, 2.05) is 7.05 Å². The minimum absolute atomic E-state index is 0.376. The number of ether oxygens (including phenoxy) is 1. The van der Waals surface area contributed by atoms with E-state index in [0.29, 0.717) is 6.04 Å². The highest BCUT2D eigenvalue weighted by Gasteiger charge is 2.17. The van der Waals surface area contributed by atoms with Gasteiger partial charge >= 0.3 is 0 Å². The summed E-state index contributed by atoms with van der Waals surface area (Å²) in [4.78, 5) is 0. The van der Waals surface area contributed by atoms with Crippen LogP contribution in [0.15, 0.2) is 18.2 Å². The van der Waals surface area contributed by atoms with Gasteiger partial charge in [0.2, 0.25) is 0 Å². The summed E-state index contributed by atoms with van der Waals surface area (Å²) in [6, 6.07) is 6.78. The minimum Gasteiger partial charge on any atom is -0.496 e. The fourth-order valence-electron chi connectivity index (χ4n) is 2.54. The van der Waals surface area contributed by atoms with Crippen molar-refractivity contribution in [2.24, 2.45) is 5.92 Å². The van der Waals surface area contributed by atoms with Crippen molar-refractivity contribution in [1.29, 1.82) is 0 Å². The Labute approximate surface area is 112 Å². The Balaban J connectivity index is 2.89. The van der Waals surface area contributed by atoms with E-state index in [9.17, 15) is 0 Å². The predicted molar refractivity (Wildman–Crippen MR) is 78.2 cm³/mol. The van der Waals surface area contributed by atoms with Crippen LogP contribution in [0.4, 0.5) is 0 Å². The van der Waals surface area contributed by atoms with Crippen molar-refractivity contribution in [3.05, 3.63) is 29.3 Å². The predicted octanol–water partition coefficient (Wildman–Crippen LogP) is 4.09. The fraction of sp³-hybridized carbons (Fsp3) is 0.625. The average molecular weight is 249 g/mol. The maximum atomic E-state index is 5.48. The number of aryl methyl sites for hydroxylation is 1. The van der Waals surface area contributed by atoms with Crippen LogP contribution in [0.1, 0.15) is 50.3 Å². The summed E-state index contributed by atoms with van der Waals surface area (Å²) >= 11 is 0. The van der Waals surface area contributed by atoms with Crippen LogP contribution in [0, 0.1) is 12.8 Å². The molecule has 1 aromatic carbocycles. The molecular formula is C16H27NO. The van der Waals surface area contributed by atoms with Crippen molar-refractivity contribution in [3.8, 4) is 5.75 Å². The van der Waals surface area contributed by atoms with E-state index in [2.05, 4.69) is 44.3 Å². The molecule has 0 fully saturated rings. The van der Waals surface area contributed by atoms with Gasteiger partial charge in [0.05, 0.1) is 7.11 Å². The maximum Gasteiger partial charge on any atom is 0.123 e. The smallest absolute Gasteiger partial charge is 0.123 e. The first-order chi connectivity index (χ1) is 8.62. The van der Waals surface area contributed by atoms with Gasteiger partial charge in [0.15, 0.2) is 0 Å². The highest BCUT2D eigenvalue weighted by Crippen LogP contribution is 2.31. The second kappa shape index (κ2) is 7.42. The summed E-state index contributed by atoms with van der Waals surface area (Å²) < 4.78 is 5.48. The Hall–Kier alpha value is -1.02. The monoisotopic (exact) mass is 249 g/mol. The van der Waals surface area contributed by atoms with Crippen molar-refractivity contribution >= 4 is 0 Å². The molecule has 0 aliphatic carbocycles. The molecule has 1 rings (SSSR count). The summed E-state index contributed by atoms with van der Waals surface area (Å²) in [5.41, 5.74) is 2.57. The molecule has 0 spiro atoms. The van der Waals surface area contributed by atoms with Gasteiger partial charge in [-0.25, -0.2) is 0 Å². The SMILES string of the molecule is CCCC(C)CC(NC)c1cc(C)ccc1OC. The summed E-state index contributed by atoms with van der Waals surface area (Å²) in [5.74, 6) is 1.72. The molecule has 0 radical (unpaired) electrons. The lowest BCUT2D eigenvalue weighted by atomic mass is 9.92. The zero-order chi connectivity index (χ0) is 13.5. The summed E-state index contributed by atoms with van der Waals surface area (Å²) in [6.45, 7) is 6.71. The van der Waals surface area contributed by atoms with Crippen LogP contribution in [0.5, 0.6) is 5.75 Å². The zero-order valence-corrected chi connectivity index (χ0v) is 12.4. The lowest BCUT2D eigenvalue weighted by molar-refractivity contribution is 0.375. The molecule has 0 amide bonds. The summed E-state index contributed by atoms with van der Waals surface area (Å²) in [6.07, 6.45) is 3.69. The highest BCUT2D eigenvalue weighted by atomic mass is 16.5. The standard InChI is InChI=1S/C16H27NO/c1-6-7-12(2)11-15(17-4)14-10-13(3)8-9-16(14)18-5/h8-10,12,15,17H,6-7,11H2,1-5H3. The molecule has 102 valence electrons. The first-order valence-electron chi connectivity index (χ1n) is 6.94. The van der Waals surface area contributed by atoms with Crippen LogP contribution in [0.2, 0.25) is 0 Å². The molecule has 1 N–H and O–H groups in total. The molecule has 0 saturated heterocycles. The third-order valence-electron chi connectivity index (χ3n) is 3.53. The van der Waals surface area contributed by atoms with E-state index in [1.54, 1.807) is 7.11 Å². The van der Waals surface area contributed by atoms with Gasteiger partial charge in [-0.05, 0) is 32.4 Å². The van der Waals surface area contributed by atoms with Crippen molar-refractivity contribution in [2.75, 3.05) is 14.2 Å². The Bertz CT molecular complexity index is 362. The molecule has 18 heavy (non-hydrogen) atoms. The van der Waals surface area contributed by atoms with Gasteiger partial charge < -0.3 is 10.1 Å². The Morgan fingerprint density at radius 1 is 1.33 bits per heavy atom. The van der Waals surface area contributed by atoms with Crippen molar-refractivity contribution in [1.82, 2.24) is 5.32 Å². The lowest BCUT2D eigenvalue weighted by Gasteiger charge is -2.23. The maximum absolute atomic E-state index is 5.48. The minimum atomic E-state index is 0.376. The van der Waals surface area contributed by atoms with Crippen LogP contribution < -0.4 is 10.1 Å². The second-order valence-corrected chi connectivity index (χ2v) is 5.22. The lowest BCUT2D eigenvalue weighted by Crippen LogP contribution is -2.20. The quantitative estimate of drug-likeness (QED) is 0.786. The van der Waals surface area contributed by atoms with Gasteiger partial charge in [0.25, 0.3) is 0 Å². The van der Waals surface area contributed by atoms with Crippen LogP contribution in [-0.2, 0) is 0 Å². The molecule has 2 nitrogen and oxygen atoms in total. The first kappa shape index (κ1) is 15.0. The molecule has 2 heteroatoms. The largest absolute Gasteiger partial charge is 0.496 e. The Morgan fingerprint density at radius 2 is 2.06 bits per heavy atom. The number of hydrogen-bond acceptors (Lipinski definition) is 2. The van der Waals surface area contributed by atoms with E-state index < -0.39 is 0 Å². The van der Waals surface area contributed by atoms with Crippen molar-refractivity contribution in [3.63, 3.8) is 0 Å². The van der Waals surface area contributed by atoms with Gasteiger partial charge in [-0.1, -0.05) is 44.4 Å². The average Bonchev–Trinajstić information content (AvgIpc) is 2.36. The third-order valence-corrected chi connectivity index (χ3v) is 3.53. The van der Waals surface area contributed by atoms with Crippen LogP contribution in [-0.4, -0.2) is 14.2 Å². The summed E-state index contributed by atoms with van der Waals surface area (Å²) in [7, 11) is 3.78. The molecule has 0 heterocycles. The molecule has 0 aromatic heterocycles. The van der Waals surface area contributed by atoms with E-state index in [1.165, 1.54) is 24.0 Å². The number of rotatable bonds is 7. The first-order valence-corrected chi connectivity index (χ1v) is 6.94. The number of nitrogens with one attached hydrogen (secondary N) is 1.